The van der Waals surface area contributed by atoms with Gasteiger partial charge in [0.25, 0.3) is 0 Å². The van der Waals surface area contributed by atoms with Crippen molar-refractivity contribution in [3.05, 3.63) is 154 Å². The Morgan fingerprint density at radius 2 is 0.963 bits per heavy atom. The van der Waals surface area contributed by atoms with Gasteiger partial charge in [-0.05, 0) is 104 Å². The summed E-state index contributed by atoms with van der Waals surface area (Å²) in [6, 6.07) is 34.2. The molecule has 4 heteroatoms. The fourth-order valence-corrected chi connectivity index (χ4v) is 9.45. The smallest absolute Gasteiger partial charge is 0.131 e. The average Bonchev–Trinajstić information content (AvgIpc) is 3.58. The Hall–Kier alpha value is -5.48. The van der Waals surface area contributed by atoms with E-state index in [1.807, 2.05) is 24.3 Å². The monoisotopic (exact) mass is 712 g/mol. The molecule has 1 aliphatic rings. The van der Waals surface area contributed by atoms with E-state index in [9.17, 15) is 0 Å². The Kier molecular flexibility index (Phi) is 7.97. The van der Waals surface area contributed by atoms with Gasteiger partial charge in [0.05, 0.1) is 27.9 Å². The fourth-order valence-electron chi connectivity index (χ4n) is 9.45. The molecule has 54 heavy (non-hydrogen) atoms. The summed E-state index contributed by atoms with van der Waals surface area (Å²) in [5.41, 5.74) is 16.0. The Balaban J connectivity index is 1.63. The molecule has 0 amide bonds. The standard InChI is InChI=1S/C50H46F2N2/c1-27(2)44-46(33-13-9-11-15-39(33)51)50(53-41-20-17-29(5)23-35(41)36-24-30(6)18-21-42(36)53)47(34-14-10-12-16-40(34)52)45(28(3)4)49(44)54-43-22-19-31(7)25-37(43)38-26-32(8)48(38)54/h9-25,27-28,32H,26H2,1-8H3/t32-/m1/s1. The Bertz CT molecular complexity index is 2690. The summed E-state index contributed by atoms with van der Waals surface area (Å²) in [6.45, 7) is 17.6. The van der Waals surface area contributed by atoms with Crippen LogP contribution in [0.1, 0.15) is 91.4 Å². The summed E-state index contributed by atoms with van der Waals surface area (Å²) >= 11 is 0. The van der Waals surface area contributed by atoms with Gasteiger partial charge in [-0.1, -0.05) is 106 Å². The van der Waals surface area contributed by atoms with Crippen LogP contribution in [0, 0.1) is 32.4 Å². The van der Waals surface area contributed by atoms with Gasteiger partial charge in [0, 0.05) is 50.0 Å². The van der Waals surface area contributed by atoms with E-state index >= 15 is 8.78 Å². The number of rotatable bonds is 6. The van der Waals surface area contributed by atoms with Crippen LogP contribution in [0.25, 0.3) is 66.3 Å². The topological polar surface area (TPSA) is 9.86 Å². The lowest BCUT2D eigenvalue weighted by Gasteiger charge is -2.34. The molecule has 0 saturated heterocycles. The van der Waals surface area contributed by atoms with E-state index in [2.05, 4.69) is 119 Å². The number of hydrogen-bond acceptors (Lipinski definition) is 0. The van der Waals surface area contributed by atoms with Crippen LogP contribution in [0.15, 0.2) is 103 Å². The highest BCUT2D eigenvalue weighted by molar-refractivity contribution is 6.12. The van der Waals surface area contributed by atoms with Gasteiger partial charge < -0.3 is 9.13 Å². The van der Waals surface area contributed by atoms with Crippen molar-refractivity contribution in [2.24, 2.45) is 0 Å². The zero-order chi connectivity index (χ0) is 37.7. The van der Waals surface area contributed by atoms with Crippen molar-refractivity contribution in [3.63, 3.8) is 0 Å². The third-order valence-corrected chi connectivity index (χ3v) is 11.7. The zero-order valence-corrected chi connectivity index (χ0v) is 32.4. The van der Waals surface area contributed by atoms with Crippen LogP contribution in [0.5, 0.6) is 0 Å². The van der Waals surface area contributed by atoms with Gasteiger partial charge in [-0.3, -0.25) is 0 Å². The molecule has 0 bridgehead atoms. The number of halogens is 2. The van der Waals surface area contributed by atoms with E-state index in [-0.39, 0.29) is 23.5 Å². The molecule has 0 radical (unpaired) electrons. The first-order valence-corrected chi connectivity index (χ1v) is 19.4. The lowest BCUT2D eigenvalue weighted by Crippen LogP contribution is -2.21. The Morgan fingerprint density at radius 3 is 1.39 bits per heavy atom. The van der Waals surface area contributed by atoms with Crippen molar-refractivity contribution in [3.8, 4) is 33.6 Å². The summed E-state index contributed by atoms with van der Waals surface area (Å²) in [5, 5.41) is 3.51. The lowest BCUT2D eigenvalue weighted by atomic mass is 9.78. The number of fused-ring (bicyclic) bond motifs is 6. The molecular weight excluding hydrogens is 667 g/mol. The molecule has 2 nitrogen and oxygen atoms in total. The maximum absolute atomic E-state index is 16.8. The summed E-state index contributed by atoms with van der Waals surface area (Å²) in [7, 11) is 0. The second-order valence-electron chi connectivity index (χ2n) is 16.2. The number of hydrogen-bond donors (Lipinski definition) is 0. The summed E-state index contributed by atoms with van der Waals surface area (Å²) in [5.74, 6) is -0.306. The highest BCUT2D eigenvalue weighted by atomic mass is 19.1. The first kappa shape index (κ1) is 34.3. The van der Waals surface area contributed by atoms with E-state index in [1.54, 1.807) is 24.3 Å². The quantitative estimate of drug-likeness (QED) is 0.162. The predicted octanol–water partition coefficient (Wildman–Crippen LogP) is 14.2. The lowest BCUT2D eigenvalue weighted by molar-refractivity contribution is 0.625. The van der Waals surface area contributed by atoms with Crippen LogP contribution in [-0.2, 0) is 6.42 Å². The highest BCUT2D eigenvalue weighted by Crippen LogP contribution is 2.54. The zero-order valence-electron chi connectivity index (χ0n) is 32.4. The van der Waals surface area contributed by atoms with Crippen LogP contribution in [0.3, 0.4) is 0 Å². The summed E-state index contributed by atoms with van der Waals surface area (Å²) in [6.07, 6.45) is 1.01. The van der Waals surface area contributed by atoms with Crippen molar-refractivity contribution in [2.45, 2.75) is 79.6 Å². The minimum absolute atomic E-state index is 0.0213. The second kappa shape index (κ2) is 12.6. The van der Waals surface area contributed by atoms with Gasteiger partial charge in [-0.2, -0.15) is 0 Å². The molecule has 0 N–H and O–H groups in total. The van der Waals surface area contributed by atoms with Gasteiger partial charge in [0.1, 0.15) is 11.6 Å². The molecule has 1 aliphatic carbocycles. The van der Waals surface area contributed by atoms with E-state index in [0.717, 1.165) is 78.5 Å². The predicted molar refractivity (Wildman–Crippen MR) is 223 cm³/mol. The van der Waals surface area contributed by atoms with Gasteiger partial charge in [-0.15, -0.1) is 0 Å². The van der Waals surface area contributed by atoms with Crippen LogP contribution < -0.4 is 0 Å². The maximum Gasteiger partial charge on any atom is 0.131 e. The summed E-state index contributed by atoms with van der Waals surface area (Å²) < 4.78 is 38.5. The number of aromatic nitrogens is 2. The fraction of sp³-hybridized carbons (Fsp3) is 0.240. The number of aryl methyl sites for hydroxylation is 3. The molecule has 270 valence electrons. The molecule has 0 saturated carbocycles. The molecule has 2 heterocycles. The molecule has 0 aliphatic heterocycles. The third kappa shape index (κ3) is 4.95. The third-order valence-electron chi connectivity index (χ3n) is 11.7. The van der Waals surface area contributed by atoms with Crippen LogP contribution in [0.4, 0.5) is 8.78 Å². The second-order valence-corrected chi connectivity index (χ2v) is 16.2. The molecule has 0 unspecified atom stereocenters. The van der Waals surface area contributed by atoms with E-state index < -0.39 is 0 Å². The van der Waals surface area contributed by atoms with E-state index in [4.69, 9.17) is 0 Å². The van der Waals surface area contributed by atoms with Crippen molar-refractivity contribution >= 4 is 32.7 Å². The first-order chi connectivity index (χ1) is 26.0. The van der Waals surface area contributed by atoms with Crippen molar-refractivity contribution in [1.82, 2.24) is 9.13 Å². The van der Waals surface area contributed by atoms with E-state index in [1.165, 1.54) is 22.2 Å². The summed E-state index contributed by atoms with van der Waals surface area (Å²) in [4.78, 5) is 0. The number of benzene rings is 6. The van der Waals surface area contributed by atoms with Crippen molar-refractivity contribution < 1.29 is 8.78 Å². The molecule has 0 fully saturated rings. The van der Waals surface area contributed by atoms with Crippen LogP contribution >= 0.6 is 0 Å². The molecule has 9 rings (SSSR count). The molecule has 6 aromatic carbocycles. The van der Waals surface area contributed by atoms with Gasteiger partial charge in [0.2, 0.25) is 0 Å². The first-order valence-electron chi connectivity index (χ1n) is 19.4. The minimum Gasteiger partial charge on any atom is -0.312 e. The molecule has 8 aromatic rings. The van der Waals surface area contributed by atoms with Crippen molar-refractivity contribution in [2.75, 3.05) is 0 Å². The maximum atomic E-state index is 16.8. The van der Waals surface area contributed by atoms with E-state index in [0.29, 0.717) is 17.0 Å². The van der Waals surface area contributed by atoms with Crippen molar-refractivity contribution in [1.29, 1.82) is 0 Å². The number of nitrogens with zero attached hydrogens (tertiary/aromatic N) is 2. The molecule has 0 spiro atoms. The molecule has 1 atom stereocenters. The SMILES string of the molecule is Cc1ccc2c(c1)c1c(n2-c2c(C(C)C)c(-c3ccccc3F)c(-n3c4ccc(C)cc4c4cc(C)ccc43)c(-c3ccccc3F)c2C(C)C)[C@H](C)C1. The Labute approximate surface area is 316 Å². The highest BCUT2D eigenvalue weighted by Gasteiger charge is 2.38. The van der Waals surface area contributed by atoms with Crippen LogP contribution in [0.2, 0.25) is 0 Å². The molecule has 2 aromatic heterocycles. The van der Waals surface area contributed by atoms with Gasteiger partial charge in [-0.25, -0.2) is 8.78 Å². The largest absolute Gasteiger partial charge is 0.312 e. The minimum atomic E-state index is -0.301. The Morgan fingerprint density at radius 1 is 0.537 bits per heavy atom. The average molecular weight is 713 g/mol. The normalized spacial score (nSPS) is 14.2. The van der Waals surface area contributed by atoms with Crippen LogP contribution in [-0.4, -0.2) is 9.13 Å². The van der Waals surface area contributed by atoms with Gasteiger partial charge >= 0.3 is 0 Å². The molecular formula is C50H46F2N2. The van der Waals surface area contributed by atoms with Gasteiger partial charge in [0.15, 0.2) is 0 Å².